The Kier molecular flexibility index (Phi) is 6.48. The summed E-state index contributed by atoms with van der Waals surface area (Å²) in [6.07, 6.45) is 4.54. The van der Waals surface area contributed by atoms with Gasteiger partial charge >= 0.3 is 0 Å². The van der Waals surface area contributed by atoms with Crippen molar-refractivity contribution in [2.75, 3.05) is 26.3 Å². The third kappa shape index (κ3) is 4.88. The quantitative estimate of drug-likeness (QED) is 0.768. The number of rotatable bonds is 7. The zero-order chi connectivity index (χ0) is 14.2. The Morgan fingerprint density at radius 3 is 2.85 bits per heavy atom. The van der Waals surface area contributed by atoms with Gasteiger partial charge in [-0.15, -0.1) is 0 Å². The van der Waals surface area contributed by atoms with Gasteiger partial charge in [0.25, 0.3) is 0 Å². The van der Waals surface area contributed by atoms with Gasteiger partial charge in [-0.2, -0.15) is 0 Å². The smallest absolute Gasteiger partial charge is 0.123 e. The highest BCUT2D eigenvalue weighted by molar-refractivity contribution is 5.21. The zero-order valence-electron chi connectivity index (χ0n) is 12.4. The molecule has 1 aliphatic heterocycles. The van der Waals surface area contributed by atoms with Gasteiger partial charge in [0.1, 0.15) is 5.82 Å². The Hall–Kier alpha value is -0.930. The number of nitrogens with one attached hydrogen (secondary N) is 1. The lowest BCUT2D eigenvalue weighted by molar-refractivity contribution is 0.0616. The first-order valence-electron chi connectivity index (χ1n) is 7.83. The lowest BCUT2D eigenvalue weighted by atomic mass is 9.85. The molecule has 1 aliphatic rings. The third-order valence-corrected chi connectivity index (χ3v) is 4.10. The van der Waals surface area contributed by atoms with Crippen LogP contribution in [0.3, 0.4) is 0 Å². The SMILES string of the molecule is CCCNCC(CC1CCOCC1)c1cccc(F)c1. The molecule has 0 bridgehead atoms. The van der Waals surface area contributed by atoms with Crippen molar-refractivity contribution in [2.45, 2.75) is 38.5 Å². The van der Waals surface area contributed by atoms with E-state index < -0.39 is 0 Å². The molecule has 0 amide bonds. The highest BCUT2D eigenvalue weighted by Crippen LogP contribution is 2.29. The maximum Gasteiger partial charge on any atom is 0.123 e. The van der Waals surface area contributed by atoms with Crippen molar-refractivity contribution in [1.82, 2.24) is 5.32 Å². The first kappa shape index (κ1) is 15.5. The third-order valence-electron chi connectivity index (χ3n) is 4.10. The molecule has 1 saturated heterocycles. The number of halogens is 1. The summed E-state index contributed by atoms with van der Waals surface area (Å²) in [6, 6.07) is 7.09. The average Bonchev–Trinajstić information content (AvgIpc) is 2.47. The lowest BCUT2D eigenvalue weighted by Gasteiger charge is -2.27. The Balaban J connectivity index is 1.99. The van der Waals surface area contributed by atoms with E-state index in [0.717, 1.165) is 57.6 Å². The van der Waals surface area contributed by atoms with Crippen molar-refractivity contribution in [3.8, 4) is 0 Å². The van der Waals surface area contributed by atoms with Crippen molar-refractivity contribution in [3.63, 3.8) is 0 Å². The molecule has 1 heterocycles. The van der Waals surface area contributed by atoms with Crippen molar-refractivity contribution < 1.29 is 9.13 Å². The summed E-state index contributed by atoms with van der Waals surface area (Å²) in [5, 5.41) is 3.49. The van der Waals surface area contributed by atoms with E-state index in [1.807, 2.05) is 6.07 Å². The second-order valence-electron chi connectivity index (χ2n) is 5.75. The minimum atomic E-state index is -0.130. The van der Waals surface area contributed by atoms with Gasteiger partial charge in [0.2, 0.25) is 0 Å². The van der Waals surface area contributed by atoms with Crippen LogP contribution in [-0.2, 0) is 4.74 Å². The molecule has 0 aromatic heterocycles. The summed E-state index contributed by atoms with van der Waals surface area (Å²) in [5.41, 5.74) is 1.13. The molecule has 20 heavy (non-hydrogen) atoms. The second kappa shape index (κ2) is 8.38. The van der Waals surface area contributed by atoms with Gasteiger partial charge in [-0.3, -0.25) is 0 Å². The molecule has 2 nitrogen and oxygen atoms in total. The number of hydrogen-bond donors (Lipinski definition) is 1. The molecule has 0 aliphatic carbocycles. The van der Waals surface area contributed by atoms with Crippen LogP contribution in [0.25, 0.3) is 0 Å². The van der Waals surface area contributed by atoms with E-state index in [4.69, 9.17) is 4.74 Å². The van der Waals surface area contributed by atoms with Crippen molar-refractivity contribution >= 4 is 0 Å². The van der Waals surface area contributed by atoms with Gasteiger partial charge in [-0.1, -0.05) is 19.1 Å². The Bertz CT molecular complexity index is 390. The predicted molar refractivity (Wildman–Crippen MR) is 80.5 cm³/mol. The number of hydrogen-bond acceptors (Lipinski definition) is 2. The Labute approximate surface area is 121 Å². The predicted octanol–water partition coefficient (Wildman–Crippen LogP) is 3.73. The molecule has 0 saturated carbocycles. The molecular formula is C17H26FNO. The van der Waals surface area contributed by atoms with Crippen LogP contribution in [0, 0.1) is 11.7 Å². The minimum Gasteiger partial charge on any atom is -0.381 e. The summed E-state index contributed by atoms with van der Waals surface area (Å²) in [6.45, 7) is 5.89. The molecule has 1 fully saturated rings. The van der Waals surface area contributed by atoms with E-state index >= 15 is 0 Å². The van der Waals surface area contributed by atoms with Crippen LogP contribution >= 0.6 is 0 Å². The van der Waals surface area contributed by atoms with E-state index in [1.54, 1.807) is 6.07 Å². The van der Waals surface area contributed by atoms with Gasteiger partial charge in [-0.25, -0.2) is 4.39 Å². The van der Waals surface area contributed by atoms with E-state index in [0.29, 0.717) is 11.8 Å². The van der Waals surface area contributed by atoms with E-state index in [9.17, 15) is 4.39 Å². The lowest BCUT2D eigenvalue weighted by Crippen LogP contribution is -2.26. The van der Waals surface area contributed by atoms with E-state index in [-0.39, 0.29) is 5.82 Å². The van der Waals surface area contributed by atoms with Crippen LogP contribution < -0.4 is 5.32 Å². The highest BCUT2D eigenvalue weighted by atomic mass is 19.1. The fourth-order valence-corrected chi connectivity index (χ4v) is 2.94. The summed E-state index contributed by atoms with van der Waals surface area (Å²) in [5.74, 6) is 0.982. The fraction of sp³-hybridized carbons (Fsp3) is 0.647. The first-order chi connectivity index (χ1) is 9.79. The van der Waals surface area contributed by atoms with Crippen LogP contribution in [0.2, 0.25) is 0 Å². The molecule has 1 aromatic rings. The molecule has 2 rings (SSSR count). The van der Waals surface area contributed by atoms with Crippen LogP contribution in [0.4, 0.5) is 4.39 Å². The molecule has 0 spiro atoms. The molecule has 1 atom stereocenters. The fourth-order valence-electron chi connectivity index (χ4n) is 2.94. The normalized spacial score (nSPS) is 18.1. The van der Waals surface area contributed by atoms with Gasteiger partial charge in [0.15, 0.2) is 0 Å². The van der Waals surface area contributed by atoms with Crippen LogP contribution in [0.1, 0.15) is 44.1 Å². The van der Waals surface area contributed by atoms with Crippen molar-refractivity contribution in [1.29, 1.82) is 0 Å². The van der Waals surface area contributed by atoms with Gasteiger partial charge < -0.3 is 10.1 Å². The Morgan fingerprint density at radius 1 is 1.35 bits per heavy atom. The number of benzene rings is 1. The molecule has 1 N–H and O–H groups in total. The summed E-state index contributed by atoms with van der Waals surface area (Å²) < 4.78 is 18.9. The molecular weight excluding hydrogens is 253 g/mol. The van der Waals surface area contributed by atoms with Crippen molar-refractivity contribution in [3.05, 3.63) is 35.6 Å². The van der Waals surface area contributed by atoms with Gasteiger partial charge in [-0.05, 0) is 61.8 Å². The topological polar surface area (TPSA) is 21.3 Å². The number of ether oxygens (including phenoxy) is 1. The summed E-state index contributed by atoms with van der Waals surface area (Å²) >= 11 is 0. The maximum atomic E-state index is 13.5. The van der Waals surface area contributed by atoms with E-state index in [2.05, 4.69) is 18.3 Å². The average molecular weight is 279 g/mol. The van der Waals surface area contributed by atoms with Gasteiger partial charge in [0.05, 0.1) is 0 Å². The van der Waals surface area contributed by atoms with Crippen molar-refractivity contribution in [2.24, 2.45) is 5.92 Å². The van der Waals surface area contributed by atoms with Gasteiger partial charge in [0, 0.05) is 19.8 Å². The van der Waals surface area contributed by atoms with Crippen LogP contribution in [0.15, 0.2) is 24.3 Å². The molecule has 1 aromatic carbocycles. The van der Waals surface area contributed by atoms with E-state index in [1.165, 1.54) is 6.07 Å². The van der Waals surface area contributed by atoms with Crippen LogP contribution in [0.5, 0.6) is 0 Å². The minimum absolute atomic E-state index is 0.130. The second-order valence-corrected chi connectivity index (χ2v) is 5.75. The highest BCUT2D eigenvalue weighted by Gasteiger charge is 2.20. The largest absolute Gasteiger partial charge is 0.381 e. The standard InChI is InChI=1S/C17H26FNO/c1-2-8-19-13-16(11-14-6-9-20-10-7-14)15-4-3-5-17(18)12-15/h3-5,12,14,16,19H,2,6-11,13H2,1H3. The van der Waals surface area contributed by atoms with Crippen LogP contribution in [-0.4, -0.2) is 26.3 Å². The molecule has 112 valence electrons. The maximum absolute atomic E-state index is 13.5. The molecule has 3 heteroatoms. The first-order valence-corrected chi connectivity index (χ1v) is 7.83. The zero-order valence-corrected chi connectivity index (χ0v) is 12.4. The summed E-state index contributed by atoms with van der Waals surface area (Å²) in [7, 11) is 0. The summed E-state index contributed by atoms with van der Waals surface area (Å²) in [4.78, 5) is 0. The molecule has 0 radical (unpaired) electrons. The Morgan fingerprint density at radius 2 is 2.15 bits per heavy atom. The monoisotopic (exact) mass is 279 g/mol. The molecule has 1 unspecified atom stereocenters.